The van der Waals surface area contributed by atoms with E-state index >= 15 is 0 Å². The highest BCUT2D eigenvalue weighted by Gasteiger charge is 2.34. The van der Waals surface area contributed by atoms with Gasteiger partial charge < -0.3 is 10.4 Å². The maximum atomic E-state index is 11.3. The third-order valence-electron chi connectivity index (χ3n) is 3.68. The highest BCUT2D eigenvalue weighted by Crippen LogP contribution is 2.25. The summed E-state index contributed by atoms with van der Waals surface area (Å²) in [5, 5.41) is 21.2. The lowest BCUT2D eigenvalue weighted by molar-refractivity contribution is -0.149. The van der Waals surface area contributed by atoms with Gasteiger partial charge in [-0.1, -0.05) is 26.0 Å². The Morgan fingerprint density at radius 2 is 1.89 bits per heavy atom. The Hall–Kier alpha value is -1.86. The van der Waals surface area contributed by atoms with E-state index in [1.165, 1.54) is 0 Å². The van der Waals surface area contributed by atoms with Crippen LogP contribution in [0.4, 0.5) is 0 Å². The van der Waals surface area contributed by atoms with Gasteiger partial charge in [-0.15, -0.1) is 0 Å². The highest BCUT2D eigenvalue weighted by atomic mass is 16.4. The van der Waals surface area contributed by atoms with Gasteiger partial charge in [-0.25, -0.2) is 0 Å². The van der Waals surface area contributed by atoms with E-state index < -0.39 is 11.4 Å². The van der Waals surface area contributed by atoms with Gasteiger partial charge in [0.15, 0.2) is 0 Å². The van der Waals surface area contributed by atoms with Crippen LogP contribution in [-0.4, -0.2) is 17.6 Å². The first-order valence-electron chi connectivity index (χ1n) is 6.51. The first-order chi connectivity index (χ1) is 9.07. The zero-order valence-corrected chi connectivity index (χ0v) is 11.4. The van der Waals surface area contributed by atoms with E-state index in [0.29, 0.717) is 31.5 Å². The molecule has 0 heterocycles. The van der Waals surface area contributed by atoms with Gasteiger partial charge in [-0.3, -0.25) is 4.79 Å². The van der Waals surface area contributed by atoms with Crippen LogP contribution < -0.4 is 5.32 Å². The Bertz CT molecular complexity index is 456. The molecule has 0 saturated carbocycles. The number of carboxylic acids is 1. The summed E-state index contributed by atoms with van der Waals surface area (Å²) in [7, 11) is 0. The summed E-state index contributed by atoms with van der Waals surface area (Å²) in [5.41, 5.74) is 0.989. The average Bonchev–Trinajstić information content (AvgIpc) is 2.44. The average molecular weight is 260 g/mol. The fourth-order valence-corrected chi connectivity index (χ4v) is 2.02. The van der Waals surface area contributed by atoms with Crippen LogP contribution in [-0.2, 0) is 11.3 Å². The van der Waals surface area contributed by atoms with Gasteiger partial charge in [0.2, 0.25) is 0 Å². The van der Waals surface area contributed by atoms with Gasteiger partial charge in [-0.2, -0.15) is 5.26 Å². The summed E-state index contributed by atoms with van der Waals surface area (Å²) < 4.78 is 0. The van der Waals surface area contributed by atoms with Crippen molar-refractivity contribution in [1.82, 2.24) is 5.32 Å². The summed E-state index contributed by atoms with van der Waals surface area (Å²) in [6, 6.07) is 9.36. The first kappa shape index (κ1) is 15.2. The molecule has 19 heavy (non-hydrogen) atoms. The molecule has 0 spiro atoms. The van der Waals surface area contributed by atoms with Gasteiger partial charge in [-0.05, 0) is 30.5 Å². The molecule has 1 aromatic carbocycles. The maximum absolute atomic E-state index is 11.3. The topological polar surface area (TPSA) is 73.1 Å². The molecule has 0 aromatic heterocycles. The van der Waals surface area contributed by atoms with Crippen LogP contribution in [0.2, 0.25) is 0 Å². The normalized spacial score (nSPS) is 11.0. The van der Waals surface area contributed by atoms with Crippen molar-refractivity contribution in [3.8, 4) is 6.07 Å². The number of rotatable bonds is 7. The summed E-state index contributed by atoms with van der Waals surface area (Å²) in [5.74, 6) is -0.746. The number of carboxylic acid groups (broad SMARTS) is 1. The first-order valence-corrected chi connectivity index (χ1v) is 6.51. The summed E-state index contributed by atoms with van der Waals surface area (Å²) in [4.78, 5) is 11.3. The number of hydrogen-bond donors (Lipinski definition) is 2. The smallest absolute Gasteiger partial charge is 0.310 e. The minimum Gasteiger partial charge on any atom is -0.481 e. The van der Waals surface area contributed by atoms with Crippen LogP contribution in [0.15, 0.2) is 24.3 Å². The third-order valence-corrected chi connectivity index (χ3v) is 3.68. The molecule has 0 unspecified atom stereocenters. The number of nitriles is 1. The number of nitrogens with zero attached hydrogens (tertiary/aromatic N) is 1. The standard InChI is InChI=1S/C15H20N2O2/c1-3-15(4-2,14(18)19)11-17-10-13-7-5-12(9-16)6-8-13/h5-8,17H,3-4,10-11H2,1-2H3,(H,18,19). The van der Waals surface area contributed by atoms with Crippen LogP contribution in [0.1, 0.15) is 37.8 Å². The van der Waals surface area contributed by atoms with Crippen molar-refractivity contribution in [2.75, 3.05) is 6.54 Å². The molecule has 0 radical (unpaired) electrons. The largest absolute Gasteiger partial charge is 0.481 e. The molecular weight excluding hydrogens is 240 g/mol. The molecule has 0 amide bonds. The van der Waals surface area contributed by atoms with Crippen LogP contribution in [0, 0.1) is 16.7 Å². The van der Waals surface area contributed by atoms with Crippen molar-refractivity contribution in [2.45, 2.75) is 33.2 Å². The molecule has 1 rings (SSSR count). The minimum absolute atomic E-state index is 0.454. The van der Waals surface area contributed by atoms with Crippen molar-refractivity contribution >= 4 is 5.97 Å². The van der Waals surface area contributed by atoms with E-state index in [9.17, 15) is 9.90 Å². The molecule has 0 atom stereocenters. The zero-order valence-electron chi connectivity index (χ0n) is 11.4. The molecule has 2 N–H and O–H groups in total. The van der Waals surface area contributed by atoms with E-state index in [2.05, 4.69) is 11.4 Å². The highest BCUT2D eigenvalue weighted by molar-refractivity contribution is 5.74. The van der Waals surface area contributed by atoms with Crippen LogP contribution >= 0.6 is 0 Å². The Morgan fingerprint density at radius 3 is 2.32 bits per heavy atom. The quantitative estimate of drug-likeness (QED) is 0.790. The third kappa shape index (κ3) is 3.80. The number of benzene rings is 1. The Labute approximate surface area is 114 Å². The summed E-state index contributed by atoms with van der Waals surface area (Å²) in [6.45, 7) is 4.87. The lowest BCUT2D eigenvalue weighted by atomic mass is 9.82. The molecule has 0 bridgehead atoms. The Balaban J connectivity index is 2.57. The van der Waals surface area contributed by atoms with E-state index in [1.54, 1.807) is 12.1 Å². The molecule has 1 aromatic rings. The predicted molar refractivity (Wildman–Crippen MR) is 73.5 cm³/mol. The van der Waals surface area contributed by atoms with E-state index in [1.807, 2.05) is 26.0 Å². The van der Waals surface area contributed by atoms with Crippen LogP contribution in [0.3, 0.4) is 0 Å². The number of nitrogens with one attached hydrogen (secondary N) is 1. The molecule has 4 heteroatoms. The molecule has 0 aliphatic heterocycles. The molecular formula is C15H20N2O2. The van der Waals surface area contributed by atoms with E-state index in [4.69, 9.17) is 5.26 Å². The van der Waals surface area contributed by atoms with Crippen molar-refractivity contribution in [3.63, 3.8) is 0 Å². The molecule has 0 aliphatic rings. The Morgan fingerprint density at radius 1 is 1.32 bits per heavy atom. The monoisotopic (exact) mass is 260 g/mol. The predicted octanol–water partition coefficient (Wildman–Crippen LogP) is 2.54. The second-order valence-electron chi connectivity index (χ2n) is 4.70. The SMILES string of the molecule is CCC(CC)(CNCc1ccc(C#N)cc1)C(=O)O. The van der Waals surface area contributed by atoms with E-state index in [0.717, 1.165) is 5.56 Å². The molecule has 0 fully saturated rings. The van der Waals surface area contributed by atoms with Gasteiger partial charge >= 0.3 is 5.97 Å². The lowest BCUT2D eigenvalue weighted by Crippen LogP contribution is -2.39. The Kier molecular flexibility index (Phi) is 5.53. The van der Waals surface area contributed by atoms with Crippen molar-refractivity contribution < 1.29 is 9.90 Å². The van der Waals surface area contributed by atoms with Crippen molar-refractivity contribution in [3.05, 3.63) is 35.4 Å². The second-order valence-corrected chi connectivity index (χ2v) is 4.70. The number of hydrogen-bond acceptors (Lipinski definition) is 3. The number of aliphatic carboxylic acids is 1. The second kappa shape index (κ2) is 6.91. The van der Waals surface area contributed by atoms with Gasteiger partial charge in [0, 0.05) is 13.1 Å². The summed E-state index contributed by atoms with van der Waals surface area (Å²) >= 11 is 0. The minimum atomic E-state index is -0.746. The fourth-order valence-electron chi connectivity index (χ4n) is 2.02. The zero-order chi connectivity index (χ0) is 14.3. The maximum Gasteiger partial charge on any atom is 0.310 e. The van der Waals surface area contributed by atoms with E-state index in [-0.39, 0.29) is 0 Å². The van der Waals surface area contributed by atoms with Crippen molar-refractivity contribution in [1.29, 1.82) is 5.26 Å². The van der Waals surface area contributed by atoms with Gasteiger partial charge in [0.1, 0.15) is 0 Å². The molecule has 4 nitrogen and oxygen atoms in total. The fraction of sp³-hybridized carbons (Fsp3) is 0.467. The molecule has 0 aliphatic carbocycles. The molecule has 0 saturated heterocycles. The van der Waals surface area contributed by atoms with Gasteiger partial charge in [0.05, 0.1) is 17.0 Å². The lowest BCUT2D eigenvalue weighted by Gasteiger charge is -2.27. The number of carbonyl (C=O) groups is 1. The van der Waals surface area contributed by atoms with Crippen LogP contribution in [0.25, 0.3) is 0 Å². The van der Waals surface area contributed by atoms with Crippen LogP contribution in [0.5, 0.6) is 0 Å². The van der Waals surface area contributed by atoms with Crippen molar-refractivity contribution in [2.24, 2.45) is 5.41 Å². The summed E-state index contributed by atoms with van der Waals surface area (Å²) in [6.07, 6.45) is 1.22. The van der Waals surface area contributed by atoms with Gasteiger partial charge in [0.25, 0.3) is 0 Å². The molecule has 102 valence electrons.